The Morgan fingerprint density at radius 1 is 1.16 bits per heavy atom. The van der Waals surface area contributed by atoms with Gasteiger partial charge in [-0.05, 0) is 31.8 Å². The average molecular weight is 365 g/mol. The number of hydrogen-bond acceptors (Lipinski definition) is 5. The van der Waals surface area contributed by atoms with E-state index in [1.165, 1.54) is 31.6 Å². The number of aromatic nitrogens is 1. The Bertz CT molecular complexity index is 578. The molecule has 2 aliphatic rings. The zero-order valence-electron chi connectivity index (χ0n) is 16.1. The van der Waals surface area contributed by atoms with Gasteiger partial charge in [0.05, 0.1) is 5.69 Å². The summed E-state index contributed by atoms with van der Waals surface area (Å²) in [7, 11) is 0. The first-order valence-corrected chi connectivity index (χ1v) is 10.4. The predicted molar refractivity (Wildman–Crippen MR) is 104 cm³/mol. The van der Waals surface area contributed by atoms with Gasteiger partial charge in [0, 0.05) is 43.5 Å². The fourth-order valence-electron chi connectivity index (χ4n) is 3.54. The number of piperidine rings is 1. The lowest BCUT2D eigenvalue weighted by Crippen LogP contribution is -2.51. The van der Waals surface area contributed by atoms with Gasteiger partial charge in [0.2, 0.25) is 5.91 Å². The Kier molecular flexibility index (Phi) is 5.68. The predicted octanol–water partition coefficient (Wildman–Crippen LogP) is 3.07. The molecule has 0 atom stereocenters. The number of likely N-dealkylation sites (tertiary alicyclic amines) is 1. The Morgan fingerprint density at radius 2 is 1.80 bits per heavy atom. The summed E-state index contributed by atoms with van der Waals surface area (Å²) in [6.45, 7) is 15.1. The first-order chi connectivity index (χ1) is 11.8. The second kappa shape index (κ2) is 7.62. The van der Waals surface area contributed by atoms with Gasteiger partial charge >= 0.3 is 0 Å². The van der Waals surface area contributed by atoms with Crippen molar-refractivity contribution in [3.63, 3.8) is 0 Å². The summed E-state index contributed by atoms with van der Waals surface area (Å²) in [4.78, 5) is 24.1. The molecule has 2 fully saturated rings. The van der Waals surface area contributed by atoms with Gasteiger partial charge in [-0.25, -0.2) is 4.98 Å². The summed E-state index contributed by atoms with van der Waals surface area (Å²) >= 11 is 1.75. The van der Waals surface area contributed by atoms with E-state index >= 15 is 0 Å². The maximum atomic E-state index is 12.4. The highest BCUT2D eigenvalue weighted by atomic mass is 32.1. The molecule has 3 rings (SSSR count). The Labute approximate surface area is 156 Å². The van der Waals surface area contributed by atoms with Crippen molar-refractivity contribution in [1.82, 2.24) is 14.8 Å². The molecule has 2 saturated heterocycles. The third-order valence-electron chi connectivity index (χ3n) is 5.28. The summed E-state index contributed by atoms with van der Waals surface area (Å²) in [5, 5.41) is 3.32. The molecule has 0 aromatic carbocycles. The van der Waals surface area contributed by atoms with E-state index in [2.05, 4.69) is 22.1 Å². The number of hydrogen-bond donors (Lipinski definition) is 0. The van der Waals surface area contributed by atoms with Crippen molar-refractivity contribution in [1.29, 1.82) is 0 Å². The van der Waals surface area contributed by atoms with Crippen molar-refractivity contribution < 1.29 is 4.79 Å². The minimum atomic E-state index is -0.289. The van der Waals surface area contributed by atoms with E-state index in [9.17, 15) is 4.79 Å². The number of carbonyl (C=O) groups excluding carboxylic acids is 1. The van der Waals surface area contributed by atoms with E-state index in [1.54, 1.807) is 11.3 Å². The van der Waals surface area contributed by atoms with Crippen LogP contribution in [0.5, 0.6) is 0 Å². The van der Waals surface area contributed by atoms with Crippen LogP contribution in [0.2, 0.25) is 0 Å². The molecule has 0 unspecified atom stereocenters. The van der Waals surface area contributed by atoms with E-state index in [1.807, 2.05) is 25.7 Å². The first kappa shape index (κ1) is 18.6. The Hall–Kier alpha value is -1.14. The largest absolute Gasteiger partial charge is 0.345 e. The fourth-order valence-corrected chi connectivity index (χ4v) is 4.41. The molecule has 0 aliphatic carbocycles. The van der Waals surface area contributed by atoms with Gasteiger partial charge in [-0.1, -0.05) is 27.7 Å². The monoisotopic (exact) mass is 364 g/mol. The molecule has 2 aliphatic heterocycles. The van der Waals surface area contributed by atoms with E-state index in [0.717, 1.165) is 43.8 Å². The number of rotatable bonds is 3. The standard InChI is InChI=1S/C19H32N4OS/c1-15-5-7-21(8-6-15)13-16-14-25-18(20-16)23-11-9-22(10-12-23)17(24)19(2,3)4/h14-15H,5-13H2,1-4H3. The zero-order valence-corrected chi connectivity index (χ0v) is 16.9. The van der Waals surface area contributed by atoms with Crippen LogP contribution < -0.4 is 4.90 Å². The highest BCUT2D eigenvalue weighted by molar-refractivity contribution is 7.13. The number of carbonyl (C=O) groups is 1. The second-order valence-corrected chi connectivity index (χ2v) is 9.45. The van der Waals surface area contributed by atoms with Crippen molar-refractivity contribution in [3.05, 3.63) is 11.1 Å². The van der Waals surface area contributed by atoms with Crippen molar-refractivity contribution in [2.45, 2.75) is 47.1 Å². The van der Waals surface area contributed by atoms with Gasteiger partial charge in [-0.15, -0.1) is 11.3 Å². The van der Waals surface area contributed by atoms with E-state index in [-0.39, 0.29) is 11.3 Å². The van der Waals surface area contributed by atoms with Gasteiger partial charge in [0.15, 0.2) is 5.13 Å². The average Bonchev–Trinajstić information content (AvgIpc) is 3.04. The molecule has 0 N–H and O–H groups in total. The van der Waals surface area contributed by atoms with Gasteiger partial charge in [-0.3, -0.25) is 9.69 Å². The van der Waals surface area contributed by atoms with Crippen molar-refractivity contribution in [2.75, 3.05) is 44.2 Å². The van der Waals surface area contributed by atoms with Crippen LogP contribution in [0.25, 0.3) is 0 Å². The van der Waals surface area contributed by atoms with Crippen LogP contribution in [0.1, 0.15) is 46.2 Å². The molecule has 6 heteroatoms. The lowest BCUT2D eigenvalue weighted by atomic mass is 9.94. The molecule has 1 aromatic rings. The van der Waals surface area contributed by atoms with E-state index in [0.29, 0.717) is 0 Å². The Balaban J connectivity index is 1.51. The molecular weight excluding hydrogens is 332 g/mol. The smallest absolute Gasteiger partial charge is 0.228 e. The molecule has 1 amide bonds. The lowest BCUT2D eigenvalue weighted by molar-refractivity contribution is -0.139. The zero-order chi connectivity index (χ0) is 18.0. The minimum Gasteiger partial charge on any atom is -0.345 e. The van der Waals surface area contributed by atoms with Crippen molar-refractivity contribution in [2.24, 2.45) is 11.3 Å². The number of piperazine rings is 1. The molecule has 0 radical (unpaired) electrons. The quantitative estimate of drug-likeness (QED) is 0.826. The number of nitrogens with zero attached hydrogens (tertiary/aromatic N) is 4. The van der Waals surface area contributed by atoms with Gasteiger partial charge < -0.3 is 9.80 Å². The molecule has 25 heavy (non-hydrogen) atoms. The summed E-state index contributed by atoms with van der Waals surface area (Å²) in [5.74, 6) is 1.13. The third kappa shape index (κ3) is 4.73. The summed E-state index contributed by atoms with van der Waals surface area (Å²) in [5.41, 5.74) is 0.908. The molecule has 0 spiro atoms. The Morgan fingerprint density at radius 3 is 2.40 bits per heavy atom. The lowest BCUT2D eigenvalue weighted by Gasteiger charge is -2.37. The maximum absolute atomic E-state index is 12.4. The van der Waals surface area contributed by atoms with Gasteiger partial charge in [0.25, 0.3) is 0 Å². The SMILES string of the molecule is CC1CCN(Cc2csc(N3CCN(C(=O)C(C)(C)C)CC3)n2)CC1. The van der Waals surface area contributed by atoms with Crippen LogP contribution in [-0.4, -0.2) is 60.0 Å². The van der Waals surface area contributed by atoms with Crippen LogP contribution in [-0.2, 0) is 11.3 Å². The molecule has 140 valence electrons. The van der Waals surface area contributed by atoms with Crippen LogP contribution in [0.4, 0.5) is 5.13 Å². The number of anilines is 1. The van der Waals surface area contributed by atoms with Crippen LogP contribution in [0.3, 0.4) is 0 Å². The number of thiazole rings is 1. The van der Waals surface area contributed by atoms with Crippen LogP contribution in [0.15, 0.2) is 5.38 Å². The van der Waals surface area contributed by atoms with Gasteiger partial charge in [-0.2, -0.15) is 0 Å². The molecular formula is C19H32N4OS. The third-order valence-corrected chi connectivity index (χ3v) is 6.23. The summed E-state index contributed by atoms with van der Waals surface area (Å²) in [6.07, 6.45) is 2.61. The summed E-state index contributed by atoms with van der Waals surface area (Å²) < 4.78 is 0. The maximum Gasteiger partial charge on any atom is 0.228 e. The summed E-state index contributed by atoms with van der Waals surface area (Å²) in [6, 6.07) is 0. The van der Waals surface area contributed by atoms with Gasteiger partial charge in [0.1, 0.15) is 0 Å². The van der Waals surface area contributed by atoms with E-state index < -0.39 is 0 Å². The molecule has 5 nitrogen and oxygen atoms in total. The molecule has 0 saturated carbocycles. The topological polar surface area (TPSA) is 39.7 Å². The van der Waals surface area contributed by atoms with Crippen molar-refractivity contribution >= 4 is 22.4 Å². The molecule has 3 heterocycles. The number of amides is 1. The fraction of sp³-hybridized carbons (Fsp3) is 0.789. The second-order valence-electron chi connectivity index (χ2n) is 8.61. The molecule has 0 bridgehead atoms. The highest BCUT2D eigenvalue weighted by Crippen LogP contribution is 2.25. The van der Waals surface area contributed by atoms with Crippen LogP contribution in [0, 0.1) is 11.3 Å². The van der Waals surface area contributed by atoms with Crippen LogP contribution >= 0.6 is 11.3 Å². The minimum absolute atomic E-state index is 0.256. The first-order valence-electron chi connectivity index (χ1n) is 9.54. The normalized spacial score (nSPS) is 21.0. The van der Waals surface area contributed by atoms with Crippen molar-refractivity contribution in [3.8, 4) is 0 Å². The highest BCUT2D eigenvalue weighted by Gasteiger charge is 2.30. The van der Waals surface area contributed by atoms with E-state index in [4.69, 9.17) is 4.98 Å². The molecule has 1 aromatic heterocycles.